The van der Waals surface area contributed by atoms with Crippen molar-refractivity contribution < 1.29 is 23.8 Å². The summed E-state index contributed by atoms with van der Waals surface area (Å²) in [5, 5.41) is 2.77. The molecule has 7 nitrogen and oxygen atoms in total. The highest BCUT2D eigenvalue weighted by Gasteiger charge is 2.34. The summed E-state index contributed by atoms with van der Waals surface area (Å²) in [6.07, 6.45) is 1.77. The number of nitrogens with zero attached hydrogens (tertiary/aromatic N) is 1. The van der Waals surface area contributed by atoms with Crippen molar-refractivity contribution in [3.63, 3.8) is 0 Å². The van der Waals surface area contributed by atoms with Gasteiger partial charge in [-0.3, -0.25) is 14.5 Å². The van der Waals surface area contributed by atoms with Crippen LogP contribution in [0.25, 0.3) is 6.08 Å². The zero-order valence-electron chi connectivity index (χ0n) is 20.9. The van der Waals surface area contributed by atoms with Crippen LogP contribution in [-0.2, 0) is 9.59 Å². The lowest BCUT2D eigenvalue weighted by Crippen LogP contribution is -2.28. The number of hydrogen-bond donors (Lipinski definition) is 1. The minimum atomic E-state index is -0.314. The van der Waals surface area contributed by atoms with Crippen molar-refractivity contribution >= 4 is 57.6 Å². The number of carbonyl (C=O) groups is 2. The van der Waals surface area contributed by atoms with Crippen LogP contribution < -0.4 is 24.4 Å². The highest BCUT2D eigenvalue weighted by molar-refractivity contribution is 8.27. The van der Waals surface area contributed by atoms with Gasteiger partial charge in [0.2, 0.25) is 0 Å². The maximum Gasteiger partial charge on any atom is 0.270 e. The lowest BCUT2D eigenvalue weighted by molar-refractivity contribution is -0.118. The molecule has 0 unspecified atom stereocenters. The first kappa shape index (κ1) is 26.2. The number of anilines is 2. The first-order valence-corrected chi connectivity index (χ1v) is 12.6. The third-order valence-electron chi connectivity index (χ3n) is 5.60. The molecule has 1 aliphatic heterocycles. The molecule has 0 spiro atoms. The largest absolute Gasteiger partial charge is 0.497 e. The Morgan fingerprint density at radius 2 is 1.76 bits per heavy atom. The van der Waals surface area contributed by atoms with Crippen molar-refractivity contribution in [2.75, 3.05) is 31.0 Å². The number of hydrogen-bond acceptors (Lipinski definition) is 7. The second-order valence-electron chi connectivity index (χ2n) is 8.28. The Hall–Kier alpha value is -3.82. The summed E-state index contributed by atoms with van der Waals surface area (Å²) in [6, 6.07) is 18.2. The molecule has 3 aromatic rings. The van der Waals surface area contributed by atoms with Crippen molar-refractivity contribution in [3.05, 3.63) is 82.3 Å². The van der Waals surface area contributed by atoms with Crippen molar-refractivity contribution in [2.45, 2.75) is 13.8 Å². The molecule has 4 rings (SSSR count). The van der Waals surface area contributed by atoms with E-state index < -0.39 is 0 Å². The Balaban J connectivity index is 1.44. The predicted molar refractivity (Wildman–Crippen MR) is 152 cm³/mol. The molecule has 0 aromatic heterocycles. The summed E-state index contributed by atoms with van der Waals surface area (Å²) in [4.78, 5) is 27.6. The van der Waals surface area contributed by atoms with Crippen LogP contribution in [0, 0.1) is 13.8 Å². The summed E-state index contributed by atoms with van der Waals surface area (Å²) >= 11 is 6.77. The number of ether oxygens (including phenoxy) is 3. The Morgan fingerprint density at radius 3 is 2.43 bits per heavy atom. The van der Waals surface area contributed by atoms with E-state index in [-0.39, 0.29) is 18.4 Å². The number of methoxy groups -OCH3 is 2. The minimum absolute atomic E-state index is 0.170. The van der Waals surface area contributed by atoms with Gasteiger partial charge in [0.15, 0.2) is 22.4 Å². The minimum Gasteiger partial charge on any atom is -0.497 e. The van der Waals surface area contributed by atoms with Crippen molar-refractivity contribution in [3.8, 4) is 17.2 Å². The third kappa shape index (κ3) is 6.12. The Bertz CT molecular complexity index is 1390. The van der Waals surface area contributed by atoms with Crippen LogP contribution >= 0.6 is 24.0 Å². The molecule has 3 aromatic carbocycles. The van der Waals surface area contributed by atoms with Crippen molar-refractivity contribution in [1.82, 2.24) is 0 Å². The Morgan fingerprint density at radius 1 is 1.00 bits per heavy atom. The molecule has 1 fully saturated rings. The topological polar surface area (TPSA) is 77.1 Å². The molecular formula is C28H26N2O5S2. The molecule has 1 aliphatic rings. The number of amides is 2. The predicted octanol–water partition coefficient (Wildman–Crippen LogP) is 5.74. The highest BCUT2D eigenvalue weighted by atomic mass is 32.2. The number of rotatable bonds is 8. The van der Waals surface area contributed by atoms with Gasteiger partial charge in [0.05, 0.1) is 24.8 Å². The van der Waals surface area contributed by atoms with Crippen LogP contribution in [0.4, 0.5) is 11.4 Å². The van der Waals surface area contributed by atoms with Crippen LogP contribution in [0.3, 0.4) is 0 Å². The lowest BCUT2D eigenvalue weighted by Gasteiger charge is -2.17. The third-order valence-corrected chi connectivity index (χ3v) is 6.91. The van der Waals surface area contributed by atoms with Crippen LogP contribution in [0.2, 0.25) is 0 Å². The van der Waals surface area contributed by atoms with Crippen LogP contribution in [0.15, 0.2) is 65.6 Å². The second-order valence-corrected chi connectivity index (χ2v) is 9.96. The Kier molecular flexibility index (Phi) is 8.15. The summed E-state index contributed by atoms with van der Waals surface area (Å²) in [5.41, 5.74) is 4.26. The van der Waals surface area contributed by atoms with E-state index in [2.05, 4.69) is 5.32 Å². The molecule has 0 aliphatic carbocycles. The summed E-state index contributed by atoms with van der Waals surface area (Å²) in [7, 11) is 3.10. The van der Waals surface area contributed by atoms with E-state index in [1.54, 1.807) is 60.6 Å². The maximum absolute atomic E-state index is 13.2. The zero-order chi connectivity index (χ0) is 26.5. The molecule has 9 heteroatoms. The number of thioether (sulfide) groups is 1. The lowest BCUT2D eigenvalue weighted by atomic mass is 10.1. The quantitative estimate of drug-likeness (QED) is 0.292. The van der Waals surface area contributed by atoms with Crippen molar-refractivity contribution in [1.29, 1.82) is 0 Å². The summed E-state index contributed by atoms with van der Waals surface area (Å²) < 4.78 is 16.8. The molecule has 0 saturated carbocycles. The first-order valence-electron chi connectivity index (χ1n) is 11.4. The van der Waals surface area contributed by atoms with Crippen LogP contribution in [-0.4, -0.2) is 37.0 Å². The van der Waals surface area contributed by atoms with Gasteiger partial charge in [-0.15, -0.1) is 0 Å². The zero-order valence-corrected chi connectivity index (χ0v) is 22.5. The molecule has 1 heterocycles. The van der Waals surface area contributed by atoms with Crippen LogP contribution in [0.1, 0.15) is 16.7 Å². The second kappa shape index (κ2) is 11.5. The summed E-state index contributed by atoms with van der Waals surface area (Å²) in [6.45, 7) is 3.77. The van der Waals surface area contributed by atoms with E-state index in [4.69, 9.17) is 26.4 Å². The van der Waals surface area contributed by atoms with Gasteiger partial charge in [-0.05, 0) is 73.5 Å². The molecular weight excluding hydrogens is 508 g/mol. The normalized spacial score (nSPS) is 14.2. The highest BCUT2D eigenvalue weighted by Crippen LogP contribution is 2.38. The Labute approximate surface area is 225 Å². The van der Waals surface area contributed by atoms with E-state index in [0.717, 1.165) is 22.4 Å². The van der Waals surface area contributed by atoms with Crippen LogP contribution in [0.5, 0.6) is 17.2 Å². The van der Waals surface area contributed by atoms with Gasteiger partial charge < -0.3 is 19.5 Å². The van der Waals surface area contributed by atoms with E-state index in [1.807, 2.05) is 32.0 Å². The molecule has 2 amide bonds. The molecule has 1 saturated heterocycles. The van der Waals surface area contributed by atoms with Gasteiger partial charge in [-0.25, -0.2) is 0 Å². The fourth-order valence-electron chi connectivity index (χ4n) is 3.79. The fourth-order valence-corrected chi connectivity index (χ4v) is 5.08. The van der Waals surface area contributed by atoms with Gasteiger partial charge >= 0.3 is 0 Å². The molecule has 0 atom stereocenters. The number of thiocarbonyl (C=S) groups is 1. The average Bonchev–Trinajstić information content (AvgIpc) is 3.16. The fraction of sp³-hybridized carbons (Fsp3) is 0.179. The van der Waals surface area contributed by atoms with Crippen molar-refractivity contribution in [2.24, 2.45) is 0 Å². The first-order chi connectivity index (χ1) is 17.8. The number of benzene rings is 3. The van der Waals surface area contributed by atoms with E-state index in [1.165, 1.54) is 18.9 Å². The monoisotopic (exact) mass is 534 g/mol. The molecule has 1 N–H and O–H groups in total. The van der Waals surface area contributed by atoms with Gasteiger partial charge in [-0.1, -0.05) is 47.7 Å². The van der Waals surface area contributed by atoms with Gasteiger partial charge in [-0.2, -0.15) is 0 Å². The molecule has 0 bridgehead atoms. The van der Waals surface area contributed by atoms with Gasteiger partial charge in [0.1, 0.15) is 5.75 Å². The van der Waals surface area contributed by atoms with Gasteiger partial charge in [0.25, 0.3) is 11.8 Å². The SMILES string of the molecule is COc1ccc(NC(=O)COc2ccc(/C=C3\SC(=S)N(c4ccc(C)cc4C)C3=O)cc2OC)cc1. The maximum atomic E-state index is 13.2. The molecule has 37 heavy (non-hydrogen) atoms. The van der Waals surface area contributed by atoms with E-state index in [0.29, 0.717) is 32.2 Å². The van der Waals surface area contributed by atoms with Gasteiger partial charge in [0, 0.05) is 5.69 Å². The number of nitrogens with one attached hydrogen (secondary N) is 1. The smallest absolute Gasteiger partial charge is 0.270 e. The number of carbonyl (C=O) groups excluding carboxylic acids is 2. The molecule has 0 radical (unpaired) electrons. The summed E-state index contributed by atoms with van der Waals surface area (Å²) in [5.74, 6) is 1.07. The average molecular weight is 535 g/mol. The van der Waals surface area contributed by atoms with E-state index >= 15 is 0 Å². The number of aryl methyl sites for hydroxylation is 2. The molecule has 190 valence electrons. The van der Waals surface area contributed by atoms with E-state index in [9.17, 15) is 9.59 Å². The standard InChI is InChI=1S/C28H26N2O5S2/c1-17-5-11-22(18(2)13-17)30-27(32)25(37-28(30)36)15-19-6-12-23(24(14-19)34-4)35-16-26(31)29-20-7-9-21(33-3)10-8-20/h5-15H,16H2,1-4H3,(H,29,31)/b25-15-.